The van der Waals surface area contributed by atoms with Crippen molar-refractivity contribution in [3.63, 3.8) is 0 Å². The number of methoxy groups -OCH3 is 1. The predicted octanol–water partition coefficient (Wildman–Crippen LogP) is 1.90. The minimum Gasteiger partial charge on any atom is -0.382 e. The lowest BCUT2D eigenvalue weighted by molar-refractivity contribution is 0.0260. The Hall–Kier alpha value is -1.01. The fraction of sp³-hybridized carbons (Fsp3) is 0.571. The lowest BCUT2D eigenvalue weighted by Gasteiger charge is -2.16. The number of rotatable bonds is 10. The van der Waals surface area contributed by atoms with Gasteiger partial charge in [0.2, 0.25) is 0 Å². The summed E-state index contributed by atoms with van der Waals surface area (Å²) in [6.07, 6.45) is 0.505. The number of nitrogens with two attached hydrogens (primary N) is 1. The number of halogens is 1. The molecule has 4 nitrogen and oxygen atoms in total. The smallest absolute Gasteiger partial charge is 0.123 e. The van der Waals surface area contributed by atoms with Gasteiger partial charge in [0, 0.05) is 26.9 Å². The van der Waals surface area contributed by atoms with Gasteiger partial charge in [-0.25, -0.2) is 4.39 Å². The zero-order valence-corrected chi connectivity index (χ0v) is 11.3. The summed E-state index contributed by atoms with van der Waals surface area (Å²) in [6, 6.07) is 6.33. The second kappa shape index (κ2) is 9.86. The van der Waals surface area contributed by atoms with Gasteiger partial charge in [-0.05, 0) is 24.1 Å². The Labute approximate surface area is 113 Å². The molecule has 0 fully saturated rings. The second-order valence-electron chi connectivity index (χ2n) is 4.11. The fourth-order valence-electron chi connectivity index (χ4n) is 1.64. The lowest BCUT2D eigenvalue weighted by Crippen LogP contribution is -2.17. The summed E-state index contributed by atoms with van der Waals surface area (Å²) in [6.45, 7) is 2.65. The van der Waals surface area contributed by atoms with Crippen LogP contribution in [0.15, 0.2) is 24.3 Å². The fourth-order valence-corrected chi connectivity index (χ4v) is 1.64. The van der Waals surface area contributed by atoms with E-state index in [1.807, 2.05) is 6.07 Å². The molecule has 2 N–H and O–H groups in total. The lowest BCUT2D eigenvalue weighted by atomic mass is 10.1. The number of benzene rings is 1. The van der Waals surface area contributed by atoms with Crippen molar-refractivity contribution in [2.24, 2.45) is 5.73 Å². The zero-order chi connectivity index (χ0) is 13.9. The van der Waals surface area contributed by atoms with Crippen molar-refractivity contribution in [2.75, 3.05) is 40.1 Å². The molecule has 0 aliphatic rings. The molecular weight excluding hydrogens is 249 g/mol. The van der Waals surface area contributed by atoms with E-state index in [-0.39, 0.29) is 11.9 Å². The van der Waals surface area contributed by atoms with Gasteiger partial charge in [-0.15, -0.1) is 0 Å². The van der Waals surface area contributed by atoms with Crippen LogP contribution in [0.2, 0.25) is 0 Å². The van der Waals surface area contributed by atoms with Crippen LogP contribution in [0.3, 0.4) is 0 Å². The molecule has 0 spiro atoms. The summed E-state index contributed by atoms with van der Waals surface area (Å²) in [5.41, 5.74) is 6.41. The zero-order valence-electron chi connectivity index (χ0n) is 11.3. The monoisotopic (exact) mass is 271 g/mol. The van der Waals surface area contributed by atoms with Gasteiger partial charge < -0.3 is 19.9 Å². The number of hydrogen-bond donors (Lipinski definition) is 1. The van der Waals surface area contributed by atoms with Crippen molar-refractivity contribution in [1.82, 2.24) is 0 Å². The first-order valence-electron chi connectivity index (χ1n) is 6.41. The highest BCUT2D eigenvalue weighted by atomic mass is 19.1. The summed E-state index contributed by atoms with van der Waals surface area (Å²) >= 11 is 0. The highest BCUT2D eigenvalue weighted by Gasteiger charge is 2.10. The van der Waals surface area contributed by atoms with Gasteiger partial charge in [-0.2, -0.15) is 0 Å². The van der Waals surface area contributed by atoms with Gasteiger partial charge >= 0.3 is 0 Å². The summed E-state index contributed by atoms with van der Waals surface area (Å²) in [5.74, 6) is -0.276. The normalized spacial score (nSPS) is 12.6. The number of ether oxygens (including phenoxy) is 3. The summed E-state index contributed by atoms with van der Waals surface area (Å²) in [7, 11) is 1.64. The Bertz CT molecular complexity index is 349. The third-order valence-corrected chi connectivity index (χ3v) is 2.62. The van der Waals surface area contributed by atoms with Crippen molar-refractivity contribution in [1.29, 1.82) is 0 Å². The molecule has 1 aromatic carbocycles. The third kappa shape index (κ3) is 6.63. The molecule has 0 radical (unpaired) electrons. The molecule has 1 rings (SSSR count). The van der Waals surface area contributed by atoms with Crippen LogP contribution in [-0.4, -0.2) is 40.1 Å². The minimum atomic E-state index is -0.276. The quantitative estimate of drug-likeness (QED) is 0.660. The molecule has 0 bridgehead atoms. The second-order valence-corrected chi connectivity index (χ2v) is 4.11. The standard InChI is InChI=1S/C14H22FNO3/c1-17-8-9-18-6-3-7-19-14(11-16)12-4-2-5-13(15)10-12/h2,4-5,10,14H,3,6-9,11,16H2,1H3. The molecule has 108 valence electrons. The van der Waals surface area contributed by atoms with Gasteiger partial charge in [0.25, 0.3) is 0 Å². The van der Waals surface area contributed by atoms with Gasteiger partial charge in [0.05, 0.1) is 19.3 Å². The molecule has 0 amide bonds. The predicted molar refractivity (Wildman–Crippen MR) is 71.5 cm³/mol. The first-order valence-corrected chi connectivity index (χ1v) is 6.41. The van der Waals surface area contributed by atoms with E-state index in [1.54, 1.807) is 13.2 Å². The van der Waals surface area contributed by atoms with Crippen LogP contribution < -0.4 is 5.73 Å². The maximum absolute atomic E-state index is 13.1. The molecule has 0 saturated heterocycles. The van der Waals surface area contributed by atoms with Crippen LogP contribution >= 0.6 is 0 Å². The van der Waals surface area contributed by atoms with Crippen LogP contribution in [0.5, 0.6) is 0 Å². The van der Waals surface area contributed by atoms with Crippen LogP contribution in [0.4, 0.5) is 4.39 Å². The molecule has 1 aromatic rings. The van der Waals surface area contributed by atoms with Crippen molar-refractivity contribution < 1.29 is 18.6 Å². The molecule has 19 heavy (non-hydrogen) atoms. The van der Waals surface area contributed by atoms with Gasteiger partial charge in [0.15, 0.2) is 0 Å². The average Bonchev–Trinajstić information content (AvgIpc) is 2.42. The maximum Gasteiger partial charge on any atom is 0.123 e. The van der Waals surface area contributed by atoms with Gasteiger partial charge in [-0.1, -0.05) is 12.1 Å². The van der Waals surface area contributed by atoms with Crippen molar-refractivity contribution >= 4 is 0 Å². The average molecular weight is 271 g/mol. The highest BCUT2D eigenvalue weighted by molar-refractivity contribution is 5.19. The molecule has 5 heteroatoms. The SMILES string of the molecule is COCCOCCCOC(CN)c1cccc(F)c1. The first kappa shape index (κ1) is 16.0. The summed E-state index contributed by atoms with van der Waals surface area (Å²) in [5, 5.41) is 0. The third-order valence-electron chi connectivity index (χ3n) is 2.62. The molecule has 0 aliphatic heterocycles. The summed E-state index contributed by atoms with van der Waals surface area (Å²) < 4.78 is 28.9. The van der Waals surface area contributed by atoms with Crippen LogP contribution in [0.1, 0.15) is 18.1 Å². The Morgan fingerprint density at radius 1 is 1.21 bits per heavy atom. The van der Waals surface area contributed by atoms with Crippen molar-refractivity contribution in [3.05, 3.63) is 35.6 Å². The van der Waals surface area contributed by atoms with Crippen LogP contribution in [-0.2, 0) is 14.2 Å². The molecule has 0 saturated carbocycles. The van der Waals surface area contributed by atoms with E-state index in [2.05, 4.69) is 0 Å². The Morgan fingerprint density at radius 3 is 2.74 bits per heavy atom. The highest BCUT2D eigenvalue weighted by Crippen LogP contribution is 2.17. The molecule has 1 atom stereocenters. The number of hydrogen-bond acceptors (Lipinski definition) is 4. The molecule has 1 unspecified atom stereocenters. The van der Waals surface area contributed by atoms with Crippen molar-refractivity contribution in [3.8, 4) is 0 Å². The van der Waals surface area contributed by atoms with Gasteiger partial charge in [-0.3, -0.25) is 0 Å². The Kier molecular flexibility index (Phi) is 8.33. The first-order chi connectivity index (χ1) is 9.27. The Morgan fingerprint density at radius 2 is 2.05 bits per heavy atom. The summed E-state index contributed by atoms with van der Waals surface area (Å²) in [4.78, 5) is 0. The van der Waals surface area contributed by atoms with E-state index in [0.29, 0.717) is 33.0 Å². The van der Waals surface area contributed by atoms with E-state index in [0.717, 1.165) is 12.0 Å². The topological polar surface area (TPSA) is 53.7 Å². The molecule has 0 heterocycles. The largest absolute Gasteiger partial charge is 0.382 e. The van der Waals surface area contributed by atoms with E-state index in [4.69, 9.17) is 19.9 Å². The van der Waals surface area contributed by atoms with E-state index < -0.39 is 0 Å². The minimum absolute atomic E-state index is 0.269. The Balaban J connectivity index is 2.22. The molecular formula is C14H22FNO3. The van der Waals surface area contributed by atoms with Crippen LogP contribution in [0, 0.1) is 5.82 Å². The molecule has 0 aromatic heterocycles. The van der Waals surface area contributed by atoms with E-state index >= 15 is 0 Å². The van der Waals surface area contributed by atoms with E-state index in [1.165, 1.54) is 12.1 Å². The van der Waals surface area contributed by atoms with Crippen LogP contribution in [0.25, 0.3) is 0 Å². The van der Waals surface area contributed by atoms with Gasteiger partial charge in [0.1, 0.15) is 5.82 Å². The van der Waals surface area contributed by atoms with E-state index in [9.17, 15) is 4.39 Å². The van der Waals surface area contributed by atoms with Crippen molar-refractivity contribution in [2.45, 2.75) is 12.5 Å². The maximum atomic E-state index is 13.1. The molecule has 0 aliphatic carbocycles.